The van der Waals surface area contributed by atoms with Gasteiger partial charge in [-0.2, -0.15) is 0 Å². The fourth-order valence-corrected chi connectivity index (χ4v) is 4.08. The molecule has 1 unspecified atom stereocenters. The van der Waals surface area contributed by atoms with Crippen LogP contribution in [0, 0.1) is 0 Å². The van der Waals surface area contributed by atoms with Gasteiger partial charge in [0.05, 0.1) is 16.0 Å². The molecule has 11 nitrogen and oxygen atoms in total. The Morgan fingerprint density at radius 1 is 0.744 bits per heavy atom. The van der Waals surface area contributed by atoms with Crippen molar-refractivity contribution < 1.29 is 52.9 Å². The van der Waals surface area contributed by atoms with Crippen molar-refractivity contribution in [3.8, 4) is 34.5 Å². The molecule has 0 aromatic heterocycles. The zero-order valence-electron chi connectivity index (χ0n) is 19.8. The number of carbonyl (C=O) groups excluding carboxylic acids is 1. The van der Waals surface area contributed by atoms with Crippen LogP contribution in [-0.2, 0) is 22.6 Å². The maximum atomic E-state index is 12.6. The number of benzene rings is 4. The van der Waals surface area contributed by atoms with E-state index in [4.69, 9.17) is 18.9 Å². The quantitative estimate of drug-likeness (QED) is 0.0913. The first-order chi connectivity index (χ1) is 18.7. The molecule has 0 saturated carbocycles. The SMILES string of the molecule is O=C(O)c1cc(O)ccc1C(=O)Oc1ccc(S(=O)Oc2ccc(Oc3ccc(O)cc3COO)cc2)cc1. The van der Waals surface area contributed by atoms with E-state index in [1.54, 1.807) is 12.1 Å². The summed E-state index contributed by atoms with van der Waals surface area (Å²) < 4.78 is 29.1. The number of phenols is 2. The monoisotopic (exact) mass is 552 g/mol. The van der Waals surface area contributed by atoms with E-state index < -0.39 is 28.6 Å². The van der Waals surface area contributed by atoms with Crippen LogP contribution < -0.4 is 13.7 Å². The molecule has 1 atom stereocenters. The Balaban J connectivity index is 1.38. The molecule has 0 aliphatic rings. The Bertz CT molecular complexity index is 1520. The van der Waals surface area contributed by atoms with E-state index >= 15 is 0 Å². The lowest BCUT2D eigenvalue weighted by Gasteiger charge is -2.11. The fourth-order valence-electron chi connectivity index (χ4n) is 3.34. The number of aromatic hydroxyl groups is 2. The predicted molar refractivity (Wildman–Crippen MR) is 136 cm³/mol. The predicted octanol–water partition coefficient (Wildman–Crippen LogP) is 4.90. The van der Waals surface area contributed by atoms with Crippen molar-refractivity contribution in [1.29, 1.82) is 0 Å². The molecular formula is C27H20O11S. The second kappa shape index (κ2) is 12.1. The molecule has 39 heavy (non-hydrogen) atoms. The fraction of sp³-hybridized carbons (Fsp3) is 0.0370. The lowest BCUT2D eigenvalue weighted by Crippen LogP contribution is -2.14. The largest absolute Gasteiger partial charge is 0.508 e. The van der Waals surface area contributed by atoms with E-state index in [1.807, 2.05) is 0 Å². The van der Waals surface area contributed by atoms with Gasteiger partial charge in [-0.3, -0.25) is 5.26 Å². The maximum Gasteiger partial charge on any atom is 0.344 e. The number of phenolic OH excluding ortho intramolecular Hbond substituents is 2. The highest BCUT2D eigenvalue weighted by Gasteiger charge is 2.19. The average molecular weight is 553 g/mol. The molecule has 4 N–H and O–H groups in total. The van der Waals surface area contributed by atoms with Crippen molar-refractivity contribution >= 4 is 23.0 Å². The second-order valence-electron chi connectivity index (χ2n) is 7.85. The van der Waals surface area contributed by atoms with Crippen LogP contribution in [0.3, 0.4) is 0 Å². The van der Waals surface area contributed by atoms with Gasteiger partial charge in [0, 0.05) is 5.56 Å². The van der Waals surface area contributed by atoms with Gasteiger partial charge in [0.25, 0.3) is 0 Å². The number of hydrogen-bond acceptors (Lipinski definition) is 10. The van der Waals surface area contributed by atoms with Crippen molar-refractivity contribution in [2.45, 2.75) is 11.5 Å². The van der Waals surface area contributed by atoms with E-state index in [0.29, 0.717) is 17.1 Å². The molecule has 4 rings (SSSR count). The van der Waals surface area contributed by atoms with Crippen molar-refractivity contribution in [3.63, 3.8) is 0 Å². The first-order valence-corrected chi connectivity index (χ1v) is 12.2. The third-order valence-corrected chi connectivity index (χ3v) is 6.17. The topological polar surface area (TPSA) is 169 Å². The Morgan fingerprint density at radius 3 is 2.03 bits per heavy atom. The van der Waals surface area contributed by atoms with Gasteiger partial charge in [-0.1, -0.05) is 0 Å². The molecule has 0 aliphatic heterocycles. The Labute approximate surface area is 223 Å². The Kier molecular flexibility index (Phi) is 8.41. The second-order valence-corrected chi connectivity index (χ2v) is 8.96. The zero-order chi connectivity index (χ0) is 27.9. The summed E-state index contributed by atoms with van der Waals surface area (Å²) in [6.45, 7) is -0.192. The first kappa shape index (κ1) is 27.1. The Morgan fingerprint density at radius 2 is 1.36 bits per heavy atom. The number of ether oxygens (including phenoxy) is 2. The van der Waals surface area contributed by atoms with E-state index in [9.17, 15) is 29.1 Å². The summed E-state index contributed by atoms with van der Waals surface area (Å²) in [6.07, 6.45) is 0. The summed E-state index contributed by atoms with van der Waals surface area (Å²) >= 11 is -1.92. The number of esters is 1. The third-order valence-electron chi connectivity index (χ3n) is 5.17. The highest BCUT2D eigenvalue weighted by molar-refractivity contribution is 7.80. The number of aromatic carboxylic acids is 1. The molecule has 200 valence electrons. The summed E-state index contributed by atoms with van der Waals surface area (Å²) in [5.74, 6) is -1.56. The van der Waals surface area contributed by atoms with Gasteiger partial charge < -0.3 is 29.0 Å². The summed E-state index contributed by atoms with van der Waals surface area (Å²) in [5, 5.41) is 37.0. The van der Waals surface area contributed by atoms with Gasteiger partial charge in [-0.05, 0) is 84.9 Å². The highest BCUT2D eigenvalue weighted by atomic mass is 32.2. The van der Waals surface area contributed by atoms with Gasteiger partial charge in [0.2, 0.25) is 11.1 Å². The molecule has 0 aliphatic carbocycles. The molecule has 0 radical (unpaired) electrons. The third kappa shape index (κ3) is 6.90. The van der Waals surface area contributed by atoms with Crippen LogP contribution in [0.2, 0.25) is 0 Å². The van der Waals surface area contributed by atoms with E-state index in [-0.39, 0.29) is 40.1 Å². The number of carboxylic acid groups (broad SMARTS) is 1. The lowest BCUT2D eigenvalue weighted by molar-refractivity contribution is -0.253. The smallest absolute Gasteiger partial charge is 0.344 e. The van der Waals surface area contributed by atoms with E-state index in [1.165, 1.54) is 60.7 Å². The first-order valence-electron chi connectivity index (χ1n) is 11.1. The average Bonchev–Trinajstić information content (AvgIpc) is 2.91. The number of rotatable bonds is 10. The van der Waals surface area contributed by atoms with Gasteiger partial charge in [0.1, 0.15) is 41.1 Å². The number of carbonyl (C=O) groups is 2. The summed E-state index contributed by atoms with van der Waals surface area (Å²) in [5.41, 5.74) is -0.240. The minimum absolute atomic E-state index is 0.0171. The maximum absolute atomic E-state index is 12.6. The minimum atomic E-state index is -1.92. The van der Waals surface area contributed by atoms with Crippen LogP contribution in [0.4, 0.5) is 0 Å². The summed E-state index contributed by atoms with van der Waals surface area (Å²) in [7, 11) is 0. The normalized spacial score (nSPS) is 11.4. The summed E-state index contributed by atoms with van der Waals surface area (Å²) in [4.78, 5) is 28.2. The van der Waals surface area contributed by atoms with Crippen LogP contribution in [0.1, 0.15) is 26.3 Å². The molecule has 0 heterocycles. The highest BCUT2D eigenvalue weighted by Crippen LogP contribution is 2.30. The van der Waals surface area contributed by atoms with E-state index in [2.05, 4.69) is 4.89 Å². The molecule has 0 saturated heterocycles. The molecule has 0 fully saturated rings. The van der Waals surface area contributed by atoms with Crippen LogP contribution in [-0.4, -0.2) is 36.7 Å². The van der Waals surface area contributed by atoms with Crippen LogP contribution in [0.15, 0.2) is 89.8 Å². The van der Waals surface area contributed by atoms with Gasteiger partial charge >= 0.3 is 11.9 Å². The van der Waals surface area contributed by atoms with Crippen LogP contribution in [0.25, 0.3) is 0 Å². The van der Waals surface area contributed by atoms with Crippen LogP contribution >= 0.6 is 0 Å². The lowest BCUT2D eigenvalue weighted by atomic mass is 10.1. The van der Waals surface area contributed by atoms with Crippen molar-refractivity contribution in [2.75, 3.05) is 0 Å². The molecular weight excluding hydrogens is 532 g/mol. The van der Waals surface area contributed by atoms with Crippen LogP contribution in [0.5, 0.6) is 34.5 Å². The minimum Gasteiger partial charge on any atom is -0.508 e. The number of carboxylic acids is 1. The molecule has 0 amide bonds. The Hall–Kier alpha value is -4.91. The molecule has 0 spiro atoms. The molecule has 0 bridgehead atoms. The van der Waals surface area contributed by atoms with Crippen molar-refractivity contribution in [2.24, 2.45) is 0 Å². The van der Waals surface area contributed by atoms with Gasteiger partial charge in [0.15, 0.2) is 0 Å². The van der Waals surface area contributed by atoms with Gasteiger partial charge in [-0.25, -0.2) is 18.7 Å². The molecule has 12 heteroatoms. The van der Waals surface area contributed by atoms with Crippen molar-refractivity contribution in [3.05, 3.63) is 102 Å². The molecule has 4 aromatic carbocycles. The standard InChI is InChI=1S/C27H20O11S/c28-17-2-12-25(16(13-17)15-35-33)36-19-3-5-21(6-4-19)38-39(34)22-9-7-20(8-10-22)37-27(32)23-11-1-18(29)14-24(23)26(30)31/h1-14,28-29,33H,15H2,(H,30,31). The molecule has 4 aromatic rings. The zero-order valence-corrected chi connectivity index (χ0v) is 20.7. The number of hydrogen-bond donors (Lipinski definition) is 4. The summed E-state index contributed by atoms with van der Waals surface area (Å²) in [6, 6.07) is 19.4. The van der Waals surface area contributed by atoms with E-state index in [0.717, 1.165) is 12.1 Å². The van der Waals surface area contributed by atoms with Gasteiger partial charge in [-0.15, -0.1) is 0 Å². The van der Waals surface area contributed by atoms with Crippen molar-refractivity contribution in [1.82, 2.24) is 0 Å².